The maximum Gasteiger partial charge on any atom is 0.150 e. The average Bonchev–Trinajstić information content (AvgIpc) is 2.78. The molecule has 0 N–H and O–H groups in total. The van der Waals surface area contributed by atoms with Crippen molar-refractivity contribution in [3.8, 4) is 5.69 Å². The van der Waals surface area contributed by atoms with E-state index in [4.69, 9.17) is 11.6 Å². The van der Waals surface area contributed by atoms with E-state index in [1.165, 1.54) is 22.8 Å². The van der Waals surface area contributed by atoms with Crippen LogP contribution < -0.4 is 0 Å². The number of halogens is 3. The zero-order chi connectivity index (χ0) is 15.1. The third kappa shape index (κ3) is 2.29. The summed E-state index contributed by atoms with van der Waals surface area (Å²) in [6.07, 6.45) is 0. The van der Waals surface area contributed by atoms with E-state index >= 15 is 0 Å². The van der Waals surface area contributed by atoms with E-state index in [9.17, 15) is 8.78 Å². The van der Waals surface area contributed by atoms with E-state index < -0.39 is 17.0 Å². The minimum Gasteiger partial charge on any atom is -0.290 e. The Labute approximate surface area is 126 Å². The molecule has 3 aromatic rings. The van der Waals surface area contributed by atoms with Gasteiger partial charge in [0.2, 0.25) is 0 Å². The van der Waals surface area contributed by atoms with Crippen molar-refractivity contribution in [1.29, 1.82) is 0 Å². The second-order valence-electron chi connectivity index (χ2n) is 4.98. The van der Waals surface area contributed by atoms with Gasteiger partial charge in [-0.2, -0.15) is 0 Å². The molecule has 0 aliphatic rings. The molecule has 0 amide bonds. The first-order valence-corrected chi connectivity index (χ1v) is 7.00. The maximum atomic E-state index is 14.2. The van der Waals surface area contributed by atoms with Gasteiger partial charge in [-0.1, -0.05) is 12.1 Å². The highest BCUT2D eigenvalue weighted by atomic mass is 35.5. The van der Waals surface area contributed by atoms with E-state index in [0.717, 1.165) is 5.56 Å². The Morgan fingerprint density at radius 3 is 2.43 bits per heavy atom. The fourth-order valence-electron chi connectivity index (χ4n) is 2.41. The van der Waals surface area contributed by atoms with Crippen LogP contribution >= 0.6 is 11.6 Å². The highest BCUT2D eigenvalue weighted by molar-refractivity contribution is 6.20. The first kappa shape index (κ1) is 14.0. The molecule has 108 valence electrons. The summed E-state index contributed by atoms with van der Waals surface area (Å²) in [7, 11) is 0. The number of imidazole rings is 1. The van der Waals surface area contributed by atoms with Crippen LogP contribution in [0, 0.1) is 18.6 Å². The zero-order valence-corrected chi connectivity index (χ0v) is 12.3. The van der Waals surface area contributed by atoms with Crippen LogP contribution in [0.5, 0.6) is 0 Å². The smallest absolute Gasteiger partial charge is 0.150 e. The number of aromatic nitrogens is 2. The Morgan fingerprint density at radius 1 is 1.14 bits per heavy atom. The predicted molar refractivity (Wildman–Crippen MR) is 80.0 cm³/mol. The molecule has 0 saturated heterocycles. The molecule has 0 aliphatic heterocycles. The van der Waals surface area contributed by atoms with Crippen molar-refractivity contribution in [2.24, 2.45) is 0 Å². The Hall–Kier alpha value is -1.94. The van der Waals surface area contributed by atoms with Crippen LogP contribution in [0.4, 0.5) is 8.78 Å². The van der Waals surface area contributed by atoms with E-state index in [1.54, 1.807) is 6.92 Å². The molecule has 0 bridgehead atoms. The fraction of sp³-hybridized carbons (Fsp3) is 0.188. The van der Waals surface area contributed by atoms with E-state index in [0.29, 0.717) is 16.9 Å². The van der Waals surface area contributed by atoms with Crippen molar-refractivity contribution in [1.82, 2.24) is 9.55 Å². The lowest BCUT2D eigenvalue weighted by Crippen LogP contribution is -2.06. The van der Waals surface area contributed by atoms with Crippen LogP contribution in [0.2, 0.25) is 0 Å². The molecule has 1 atom stereocenters. The minimum atomic E-state index is -0.644. The molecule has 1 aromatic heterocycles. The number of benzene rings is 2. The van der Waals surface area contributed by atoms with Gasteiger partial charge in [-0.25, -0.2) is 13.8 Å². The molecular formula is C16H13ClF2N2. The van der Waals surface area contributed by atoms with Crippen molar-refractivity contribution in [3.05, 3.63) is 59.4 Å². The molecule has 1 unspecified atom stereocenters. The molecule has 2 nitrogen and oxygen atoms in total. The summed E-state index contributed by atoms with van der Waals surface area (Å²) in [5.74, 6) is -0.870. The van der Waals surface area contributed by atoms with Crippen LogP contribution in [-0.4, -0.2) is 9.55 Å². The first-order chi connectivity index (χ1) is 9.99. The number of hydrogen-bond acceptors (Lipinski definition) is 1. The van der Waals surface area contributed by atoms with E-state index in [1.807, 2.05) is 25.1 Å². The second-order valence-corrected chi connectivity index (χ2v) is 5.64. The number of aryl methyl sites for hydroxylation is 1. The normalized spacial score (nSPS) is 12.8. The van der Waals surface area contributed by atoms with E-state index in [2.05, 4.69) is 4.98 Å². The lowest BCUT2D eigenvalue weighted by molar-refractivity contribution is 0.567. The summed E-state index contributed by atoms with van der Waals surface area (Å²) >= 11 is 6.15. The lowest BCUT2D eigenvalue weighted by atomic mass is 10.2. The molecule has 3 rings (SSSR count). The number of alkyl halides is 1. The number of fused-ring (bicyclic) bond motifs is 1. The molecule has 0 spiro atoms. The molecule has 0 aliphatic carbocycles. The van der Waals surface area contributed by atoms with Gasteiger partial charge in [0.05, 0.1) is 16.4 Å². The largest absolute Gasteiger partial charge is 0.290 e. The summed E-state index contributed by atoms with van der Waals surface area (Å²) in [6.45, 7) is 3.64. The molecule has 0 radical (unpaired) electrons. The minimum absolute atomic E-state index is 0.145. The number of para-hydroxylation sites is 1. The Morgan fingerprint density at radius 2 is 1.81 bits per heavy atom. The van der Waals surface area contributed by atoms with Crippen LogP contribution in [-0.2, 0) is 0 Å². The van der Waals surface area contributed by atoms with Gasteiger partial charge in [-0.15, -0.1) is 11.6 Å². The summed E-state index contributed by atoms with van der Waals surface area (Å²) < 4.78 is 29.8. The van der Waals surface area contributed by atoms with Gasteiger partial charge in [-0.05, 0) is 43.7 Å². The molecule has 5 heteroatoms. The second kappa shape index (κ2) is 5.11. The maximum absolute atomic E-state index is 14.2. The van der Waals surface area contributed by atoms with E-state index in [-0.39, 0.29) is 5.69 Å². The summed E-state index contributed by atoms with van der Waals surface area (Å²) in [6, 6.07) is 9.35. The molecule has 0 fully saturated rings. The van der Waals surface area contributed by atoms with Gasteiger partial charge in [-0.3, -0.25) is 4.57 Å². The standard InChI is InChI=1S/C16H13ClF2N2/c1-9-6-7-13-14(8-9)21(16(20-13)10(2)17)15-11(18)4-3-5-12(15)19/h3-8,10H,1-2H3. The molecule has 1 heterocycles. The Kier molecular flexibility index (Phi) is 3.41. The zero-order valence-electron chi connectivity index (χ0n) is 11.6. The van der Waals surface area contributed by atoms with Crippen LogP contribution in [0.1, 0.15) is 23.7 Å². The molecule has 2 aromatic carbocycles. The third-order valence-electron chi connectivity index (χ3n) is 3.35. The quantitative estimate of drug-likeness (QED) is 0.615. The van der Waals surface area contributed by atoms with Gasteiger partial charge in [0.15, 0.2) is 0 Å². The van der Waals surface area contributed by atoms with Crippen molar-refractivity contribution in [2.45, 2.75) is 19.2 Å². The first-order valence-electron chi connectivity index (χ1n) is 6.56. The fourth-order valence-corrected chi connectivity index (χ4v) is 2.55. The third-order valence-corrected chi connectivity index (χ3v) is 3.55. The van der Waals surface area contributed by atoms with Gasteiger partial charge < -0.3 is 0 Å². The van der Waals surface area contributed by atoms with Crippen molar-refractivity contribution in [2.75, 3.05) is 0 Å². The summed E-state index contributed by atoms with van der Waals surface area (Å²) in [5, 5.41) is -0.475. The number of nitrogens with zero attached hydrogens (tertiary/aromatic N) is 2. The highest BCUT2D eigenvalue weighted by Gasteiger charge is 2.21. The van der Waals surface area contributed by atoms with Crippen LogP contribution in [0.25, 0.3) is 16.7 Å². The van der Waals surface area contributed by atoms with Crippen LogP contribution in [0.3, 0.4) is 0 Å². The van der Waals surface area contributed by atoms with Crippen molar-refractivity contribution >= 4 is 22.6 Å². The molecule has 21 heavy (non-hydrogen) atoms. The van der Waals surface area contributed by atoms with Gasteiger partial charge >= 0.3 is 0 Å². The summed E-state index contributed by atoms with van der Waals surface area (Å²) in [4.78, 5) is 4.41. The van der Waals surface area contributed by atoms with Crippen molar-refractivity contribution < 1.29 is 8.78 Å². The lowest BCUT2D eigenvalue weighted by Gasteiger charge is -2.12. The Balaban J connectivity index is 2.44. The summed E-state index contributed by atoms with van der Waals surface area (Å²) in [5.41, 5.74) is 2.13. The molecule has 0 saturated carbocycles. The Bertz CT molecular complexity index is 804. The van der Waals surface area contributed by atoms with Gasteiger partial charge in [0, 0.05) is 0 Å². The topological polar surface area (TPSA) is 17.8 Å². The number of rotatable bonds is 2. The van der Waals surface area contributed by atoms with Crippen molar-refractivity contribution in [3.63, 3.8) is 0 Å². The van der Waals surface area contributed by atoms with Gasteiger partial charge in [0.25, 0.3) is 0 Å². The van der Waals surface area contributed by atoms with Crippen LogP contribution in [0.15, 0.2) is 36.4 Å². The van der Waals surface area contributed by atoms with Gasteiger partial charge in [0.1, 0.15) is 23.1 Å². The monoisotopic (exact) mass is 306 g/mol. The highest BCUT2D eigenvalue weighted by Crippen LogP contribution is 2.31. The molecular weight excluding hydrogens is 294 g/mol. The number of hydrogen-bond donors (Lipinski definition) is 0. The average molecular weight is 307 g/mol. The predicted octanol–water partition coefficient (Wildman–Crippen LogP) is 4.91. The SMILES string of the molecule is Cc1ccc2nc(C(C)Cl)n(-c3c(F)cccc3F)c2c1.